The molecular weight excluding hydrogens is 464 g/mol. The zero-order chi connectivity index (χ0) is 24.6. The van der Waals surface area contributed by atoms with Crippen molar-refractivity contribution in [1.29, 1.82) is 0 Å². The molecule has 0 unspecified atom stereocenters. The lowest BCUT2D eigenvalue weighted by molar-refractivity contribution is -0.126. The van der Waals surface area contributed by atoms with Gasteiger partial charge in [-0.3, -0.25) is 20.4 Å². The number of rotatable bonds is 4. The second-order valence-electron chi connectivity index (χ2n) is 8.80. The van der Waals surface area contributed by atoms with Crippen LogP contribution in [0.4, 0.5) is 0 Å². The van der Waals surface area contributed by atoms with E-state index >= 15 is 0 Å². The number of hydrogen-bond acceptors (Lipinski definition) is 4. The first-order valence-corrected chi connectivity index (χ1v) is 12.9. The molecule has 35 heavy (non-hydrogen) atoms. The van der Waals surface area contributed by atoms with Gasteiger partial charge in [-0.1, -0.05) is 48.5 Å². The first-order valence-electron chi connectivity index (χ1n) is 11.5. The molecule has 2 heterocycles. The summed E-state index contributed by atoms with van der Waals surface area (Å²) in [7, 11) is -1.79. The fourth-order valence-electron chi connectivity index (χ4n) is 4.65. The molecule has 5 rings (SSSR count). The summed E-state index contributed by atoms with van der Waals surface area (Å²) in [5.41, 5.74) is 6.41. The van der Waals surface area contributed by atoms with Crippen molar-refractivity contribution in [1.82, 2.24) is 19.7 Å². The van der Waals surface area contributed by atoms with E-state index in [1.807, 2.05) is 60.1 Å². The molecule has 0 spiro atoms. The van der Waals surface area contributed by atoms with Crippen LogP contribution < -0.4 is 10.9 Å². The summed E-state index contributed by atoms with van der Waals surface area (Å²) in [6.07, 6.45) is 2.48. The number of amides is 2. The van der Waals surface area contributed by atoms with Crippen LogP contribution in [0.1, 0.15) is 23.2 Å². The predicted molar refractivity (Wildman–Crippen MR) is 134 cm³/mol. The van der Waals surface area contributed by atoms with Crippen molar-refractivity contribution in [2.75, 3.05) is 13.1 Å². The van der Waals surface area contributed by atoms with Crippen molar-refractivity contribution in [3.05, 3.63) is 78.5 Å². The number of nitrogens with one attached hydrogen (secondary N) is 2. The fourth-order valence-corrected chi connectivity index (χ4v) is 6.15. The number of nitrogens with zero attached hydrogens (tertiary/aromatic N) is 2. The molecule has 4 aromatic rings. The van der Waals surface area contributed by atoms with Crippen LogP contribution in [0.3, 0.4) is 0 Å². The minimum atomic E-state index is -3.65. The largest absolute Gasteiger partial charge is 0.350 e. The summed E-state index contributed by atoms with van der Waals surface area (Å²) in [5, 5.41) is 2.64. The van der Waals surface area contributed by atoms with Gasteiger partial charge >= 0.3 is 0 Å². The Morgan fingerprint density at radius 2 is 1.57 bits per heavy atom. The molecule has 1 saturated heterocycles. The van der Waals surface area contributed by atoms with E-state index < -0.39 is 15.9 Å². The predicted octanol–water partition coefficient (Wildman–Crippen LogP) is 3.19. The lowest BCUT2D eigenvalue weighted by Gasteiger charge is -2.30. The van der Waals surface area contributed by atoms with Crippen LogP contribution in [0.2, 0.25) is 0 Å². The van der Waals surface area contributed by atoms with Crippen LogP contribution >= 0.6 is 0 Å². The van der Waals surface area contributed by atoms with E-state index in [1.165, 1.54) is 4.31 Å². The Bertz CT molecular complexity index is 1540. The molecule has 1 fully saturated rings. The number of aryl methyl sites for hydroxylation is 1. The Labute approximate surface area is 203 Å². The van der Waals surface area contributed by atoms with Gasteiger partial charge < -0.3 is 4.57 Å². The van der Waals surface area contributed by atoms with Crippen molar-refractivity contribution in [3.63, 3.8) is 0 Å². The summed E-state index contributed by atoms with van der Waals surface area (Å²) < 4.78 is 29.6. The third-order valence-electron chi connectivity index (χ3n) is 6.62. The van der Waals surface area contributed by atoms with Gasteiger partial charge in [-0.25, -0.2) is 8.42 Å². The molecule has 0 atom stereocenters. The summed E-state index contributed by atoms with van der Waals surface area (Å²) in [4.78, 5) is 25.6. The molecule has 8 nitrogen and oxygen atoms in total. The highest BCUT2D eigenvalue weighted by atomic mass is 32.2. The molecule has 3 aromatic carbocycles. The maximum atomic E-state index is 13.2. The van der Waals surface area contributed by atoms with E-state index in [0.717, 1.165) is 21.7 Å². The lowest BCUT2D eigenvalue weighted by Crippen LogP contribution is -2.48. The molecule has 0 bridgehead atoms. The maximum Gasteiger partial charge on any atom is 0.271 e. The second-order valence-corrected chi connectivity index (χ2v) is 10.7. The van der Waals surface area contributed by atoms with Gasteiger partial charge in [-0.2, -0.15) is 4.31 Å². The molecule has 1 aliphatic rings. The van der Waals surface area contributed by atoms with Crippen LogP contribution in [0.5, 0.6) is 0 Å². The quantitative estimate of drug-likeness (QED) is 0.429. The minimum Gasteiger partial charge on any atom is -0.350 e. The van der Waals surface area contributed by atoms with Crippen LogP contribution in [0.15, 0.2) is 77.8 Å². The van der Waals surface area contributed by atoms with Gasteiger partial charge in [0.15, 0.2) is 0 Å². The molecule has 180 valence electrons. The number of hydrazine groups is 1. The second kappa shape index (κ2) is 9.16. The number of carbonyl (C=O) groups excluding carboxylic acids is 2. The van der Waals surface area contributed by atoms with Gasteiger partial charge in [-0.15, -0.1) is 0 Å². The minimum absolute atomic E-state index is 0.241. The molecule has 2 amide bonds. The Morgan fingerprint density at radius 1 is 0.886 bits per heavy atom. The Morgan fingerprint density at radius 3 is 2.34 bits per heavy atom. The zero-order valence-electron chi connectivity index (χ0n) is 19.3. The molecule has 0 radical (unpaired) electrons. The number of carbonyl (C=O) groups is 2. The molecule has 2 N–H and O–H groups in total. The number of fused-ring (bicyclic) bond motifs is 2. The topological polar surface area (TPSA) is 101 Å². The zero-order valence-corrected chi connectivity index (χ0v) is 20.1. The Hall–Kier alpha value is -3.69. The molecule has 9 heteroatoms. The van der Waals surface area contributed by atoms with Crippen LogP contribution in [0, 0.1) is 5.92 Å². The highest BCUT2D eigenvalue weighted by molar-refractivity contribution is 7.89. The average molecular weight is 491 g/mol. The van der Waals surface area contributed by atoms with Gasteiger partial charge in [-0.05, 0) is 41.8 Å². The fraction of sp³-hybridized carbons (Fsp3) is 0.231. The van der Waals surface area contributed by atoms with Crippen molar-refractivity contribution >= 4 is 43.5 Å². The van der Waals surface area contributed by atoms with Crippen molar-refractivity contribution in [3.8, 4) is 0 Å². The van der Waals surface area contributed by atoms with Gasteiger partial charge in [0, 0.05) is 43.2 Å². The van der Waals surface area contributed by atoms with Crippen LogP contribution in [0.25, 0.3) is 21.7 Å². The normalized spacial score (nSPS) is 15.3. The number of para-hydroxylation sites is 1. The van der Waals surface area contributed by atoms with Gasteiger partial charge in [0.2, 0.25) is 15.9 Å². The average Bonchev–Trinajstić information content (AvgIpc) is 3.23. The van der Waals surface area contributed by atoms with E-state index in [2.05, 4.69) is 10.9 Å². The van der Waals surface area contributed by atoms with Crippen LogP contribution in [-0.4, -0.2) is 42.2 Å². The van der Waals surface area contributed by atoms with Gasteiger partial charge in [0.1, 0.15) is 0 Å². The molecule has 1 aliphatic heterocycles. The smallest absolute Gasteiger partial charge is 0.271 e. The molecule has 0 aliphatic carbocycles. The number of aromatic nitrogens is 1. The van der Waals surface area contributed by atoms with E-state index in [0.29, 0.717) is 18.4 Å². The standard InChI is InChI=1S/C26H26N4O4S/c1-29-17-23(22-8-4-5-9-24(22)29)26(32)28-27-25(31)19-12-14-30(15-13-19)35(33,34)21-11-10-18-6-2-3-7-20(18)16-21/h2-11,16-17,19H,12-15H2,1H3,(H,27,31)(H,28,32). The lowest BCUT2D eigenvalue weighted by atomic mass is 9.98. The first kappa shape index (κ1) is 23.1. The van der Waals surface area contributed by atoms with Gasteiger partial charge in [0.25, 0.3) is 5.91 Å². The van der Waals surface area contributed by atoms with E-state index in [9.17, 15) is 18.0 Å². The SMILES string of the molecule is Cn1cc(C(=O)NNC(=O)C2CCN(S(=O)(=O)c3ccc4ccccc4c3)CC2)c2ccccc21. The monoisotopic (exact) mass is 490 g/mol. The highest BCUT2D eigenvalue weighted by Crippen LogP contribution is 2.26. The highest BCUT2D eigenvalue weighted by Gasteiger charge is 2.32. The van der Waals surface area contributed by atoms with Crippen molar-refractivity contribution in [2.24, 2.45) is 13.0 Å². The summed E-state index contributed by atoms with van der Waals surface area (Å²) in [6.45, 7) is 0.481. The third kappa shape index (κ3) is 4.40. The number of sulfonamides is 1. The van der Waals surface area contributed by atoms with E-state index in [-0.39, 0.29) is 29.8 Å². The van der Waals surface area contributed by atoms with Crippen molar-refractivity contribution < 1.29 is 18.0 Å². The number of hydrogen-bond donors (Lipinski definition) is 2. The Kier molecular flexibility index (Phi) is 6.04. The number of piperidine rings is 1. The van der Waals surface area contributed by atoms with Crippen molar-refractivity contribution in [2.45, 2.75) is 17.7 Å². The molecule has 1 aromatic heterocycles. The summed E-state index contributed by atoms with van der Waals surface area (Å²) in [6, 6.07) is 20.3. The van der Waals surface area contributed by atoms with Gasteiger partial charge in [0.05, 0.1) is 10.5 Å². The molecular formula is C26H26N4O4S. The molecule has 0 saturated carbocycles. The summed E-state index contributed by atoms with van der Waals surface area (Å²) in [5.74, 6) is -1.10. The van der Waals surface area contributed by atoms with Crippen LogP contribution in [-0.2, 0) is 21.9 Å². The van der Waals surface area contributed by atoms with E-state index in [1.54, 1.807) is 24.4 Å². The summed E-state index contributed by atoms with van der Waals surface area (Å²) >= 11 is 0. The Balaban J connectivity index is 1.19. The maximum absolute atomic E-state index is 13.2. The first-order chi connectivity index (χ1) is 16.8. The number of benzene rings is 3. The third-order valence-corrected chi connectivity index (χ3v) is 8.52. The van der Waals surface area contributed by atoms with E-state index in [4.69, 9.17) is 0 Å².